The molecule has 0 saturated heterocycles. The topological polar surface area (TPSA) is 29.7 Å². The second kappa shape index (κ2) is 5.32. The molecule has 0 amide bonds. The predicted molar refractivity (Wildman–Crippen MR) is 103 cm³/mol. The minimum atomic E-state index is -0.0806. The van der Waals surface area contributed by atoms with Crippen molar-refractivity contribution in [1.29, 1.82) is 0 Å². The fraction of sp³-hybridized carbons (Fsp3) is 0.190. The molecule has 0 fully saturated rings. The van der Waals surface area contributed by atoms with Gasteiger partial charge >= 0.3 is 0 Å². The van der Waals surface area contributed by atoms with Gasteiger partial charge in [0.25, 0.3) is 0 Å². The third-order valence-electron chi connectivity index (χ3n) is 5.97. The van der Waals surface area contributed by atoms with Gasteiger partial charge in [0.15, 0.2) is 17.9 Å². The molecule has 2 bridgehead atoms. The smallest absolute Gasteiger partial charge is 0.190 e. The molecular formula is C21H16N3S2+. The number of hydrogen-bond acceptors (Lipinski definition) is 4. The van der Waals surface area contributed by atoms with Gasteiger partial charge in [-0.2, -0.15) is 4.57 Å². The van der Waals surface area contributed by atoms with E-state index in [1.165, 1.54) is 26.6 Å². The lowest BCUT2D eigenvalue weighted by atomic mass is 9.57. The molecule has 3 aromatic heterocycles. The average molecular weight is 375 g/mol. The van der Waals surface area contributed by atoms with E-state index in [4.69, 9.17) is 0 Å². The first-order chi connectivity index (χ1) is 12.9. The molecule has 1 aromatic carbocycles. The van der Waals surface area contributed by atoms with E-state index in [0.717, 1.165) is 6.42 Å². The fourth-order valence-corrected chi connectivity index (χ4v) is 6.83. The standard InChI is InChI=1S/C21H16N3S2/c1-2-6-15-14(5-1)17-9-21(18-10-22-12-25-18,19-11-23-13-26-19)20(15)16-7-3-4-8-24(16)17/h1-8,10-13,17,20H,9H2/q+1. The third kappa shape index (κ3) is 1.75. The second-order valence-electron chi connectivity index (χ2n) is 7.02. The van der Waals surface area contributed by atoms with Crippen LogP contribution in [-0.2, 0) is 5.41 Å². The lowest BCUT2D eigenvalue weighted by molar-refractivity contribution is -0.732. The van der Waals surface area contributed by atoms with E-state index >= 15 is 0 Å². The maximum atomic E-state index is 4.44. The minimum absolute atomic E-state index is 0.0806. The highest BCUT2D eigenvalue weighted by atomic mass is 32.1. The van der Waals surface area contributed by atoms with Gasteiger partial charge in [0.2, 0.25) is 0 Å². The van der Waals surface area contributed by atoms with Crippen molar-refractivity contribution < 1.29 is 4.57 Å². The van der Waals surface area contributed by atoms with Gasteiger partial charge in [0.05, 0.1) is 22.4 Å². The Kier molecular flexibility index (Phi) is 3.02. The Morgan fingerprint density at radius 2 is 1.58 bits per heavy atom. The van der Waals surface area contributed by atoms with Crippen molar-refractivity contribution in [3.63, 3.8) is 0 Å². The predicted octanol–water partition coefficient (Wildman–Crippen LogP) is 4.31. The summed E-state index contributed by atoms with van der Waals surface area (Å²) >= 11 is 3.55. The van der Waals surface area contributed by atoms with Crippen molar-refractivity contribution in [1.82, 2.24) is 9.97 Å². The van der Waals surface area contributed by atoms with Crippen LogP contribution in [0.2, 0.25) is 0 Å². The molecule has 0 spiro atoms. The zero-order valence-electron chi connectivity index (χ0n) is 13.9. The molecule has 0 radical (unpaired) electrons. The van der Waals surface area contributed by atoms with Crippen LogP contribution in [0.1, 0.15) is 45.0 Å². The van der Waals surface area contributed by atoms with E-state index in [2.05, 4.69) is 75.6 Å². The van der Waals surface area contributed by atoms with E-state index in [1.54, 1.807) is 22.7 Å². The largest absolute Gasteiger partial charge is 0.253 e. The maximum Gasteiger partial charge on any atom is 0.190 e. The minimum Gasteiger partial charge on any atom is -0.253 e. The Balaban J connectivity index is 1.73. The first-order valence-electron chi connectivity index (χ1n) is 8.76. The highest BCUT2D eigenvalue weighted by molar-refractivity contribution is 7.11. The number of benzene rings is 1. The van der Waals surface area contributed by atoms with Gasteiger partial charge in [0.1, 0.15) is 0 Å². The number of aromatic nitrogens is 3. The van der Waals surface area contributed by atoms with Gasteiger partial charge in [0, 0.05) is 46.3 Å². The van der Waals surface area contributed by atoms with Gasteiger partial charge < -0.3 is 0 Å². The molecule has 3 aliphatic rings. The number of nitrogens with zero attached hydrogens (tertiary/aromatic N) is 3. The van der Waals surface area contributed by atoms with E-state index in [9.17, 15) is 0 Å². The van der Waals surface area contributed by atoms with E-state index in [-0.39, 0.29) is 11.3 Å². The average Bonchev–Trinajstić information content (AvgIpc) is 3.42. The van der Waals surface area contributed by atoms with Crippen LogP contribution < -0.4 is 4.57 Å². The summed E-state index contributed by atoms with van der Waals surface area (Å²) in [6, 6.07) is 15.9. The van der Waals surface area contributed by atoms with Crippen molar-refractivity contribution in [2.75, 3.05) is 0 Å². The molecule has 5 heteroatoms. The molecule has 2 unspecified atom stereocenters. The van der Waals surface area contributed by atoms with Gasteiger partial charge in [-0.25, -0.2) is 0 Å². The van der Waals surface area contributed by atoms with Crippen LogP contribution in [0.5, 0.6) is 0 Å². The lowest BCUT2D eigenvalue weighted by Crippen LogP contribution is -2.59. The summed E-state index contributed by atoms with van der Waals surface area (Å²) in [6.07, 6.45) is 7.44. The summed E-state index contributed by atoms with van der Waals surface area (Å²) in [4.78, 5) is 11.6. The molecule has 2 atom stereocenters. The number of rotatable bonds is 2. The molecule has 0 saturated carbocycles. The Morgan fingerprint density at radius 1 is 0.885 bits per heavy atom. The molecule has 5 heterocycles. The maximum absolute atomic E-state index is 4.44. The number of hydrogen-bond donors (Lipinski definition) is 0. The molecule has 126 valence electrons. The van der Waals surface area contributed by atoms with Crippen LogP contribution in [0, 0.1) is 0 Å². The molecular weight excluding hydrogens is 358 g/mol. The van der Waals surface area contributed by atoms with Crippen molar-refractivity contribution in [2.24, 2.45) is 0 Å². The van der Waals surface area contributed by atoms with Crippen LogP contribution in [-0.4, -0.2) is 9.97 Å². The highest BCUT2D eigenvalue weighted by Gasteiger charge is 2.60. The summed E-state index contributed by atoms with van der Waals surface area (Å²) in [7, 11) is 0. The number of pyridine rings is 1. The SMILES string of the molecule is c1ccc2c(c1)C1CC(c3cncs3)(c3cncs3)C2c2cccc[n+]21. The van der Waals surface area contributed by atoms with Gasteiger partial charge in [-0.05, 0) is 5.56 Å². The molecule has 7 rings (SSSR count). The molecule has 2 aliphatic heterocycles. The van der Waals surface area contributed by atoms with E-state index in [1.807, 2.05) is 11.0 Å². The summed E-state index contributed by atoms with van der Waals surface area (Å²) in [5.74, 6) is 0.283. The Labute approximate surface area is 159 Å². The van der Waals surface area contributed by atoms with Gasteiger partial charge in [-0.1, -0.05) is 30.3 Å². The van der Waals surface area contributed by atoms with Crippen molar-refractivity contribution in [3.05, 3.63) is 98.7 Å². The van der Waals surface area contributed by atoms with Crippen LogP contribution in [0.4, 0.5) is 0 Å². The Bertz CT molecular complexity index is 1000. The Hall–Kier alpha value is -2.37. The molecule has 0 N–H and O–H groups in total. The van der Waals surface area contributed by atoms with Crippen LogP contribution in [0.3, 0.4) is 0 Å². The summed E-state index contributed by atoms with van der Waals surface area (Å²) in [6.45, 7) is 0. The summed E-state index contributed by atoms with van der Waals surface area (Å²) in [5.41, 5.74) is 8.16. The number of fused-ring (bicyclic) bond motifs is 1. The molecule has 1 aliphatic carbocycles. The lowest BCUT2D eigenvalue weighted by Gasteiger charge is -2.48. The monoisotopic (exact) mass is 374 g/mol. The van der Waals surface area contributed by atoms with Crippen molar-refractivity contribution >= 4 is 22.7 Å². The fourth-order valence-electron chi connectivity index (χ4n) is 5.01. The molecule has 4 aromatic rings. The molecule has 3 nitrogen and oxygen atoms in total. The molecule has 26 heavy (non-hydrogen) atoms. The third-order valence-corrected chi connectivity index (χ3v) is 7.87. The quantitative estimate of drug-likeness (QED) is 0.489. The zero-order chi connectivity index (χ0) is 17.1. The second-order valence-corrected chi connectivity index (χ2v) is 8.79. The summed E-state index contributed by atoms with van der Waals surface area (Å²) in [5, 5.41) is 0. The van der Waals surface area contributed by atoms with Gasteiger partial charge in [-0.3, -0.25) is 9.97 Å². The van der Waals surface area contributed by atoms with Crippen LogP contribution in [0.15, 0.2) is 72.1 Å². The normalized spacial score (nSPS) is 22.0. The van der Waals surface area contributed by atoms with Crippen molar-refractivity contribution in [3.8, 4) is 0 Å². The first-order valence-corrected chi connectivity index (χ1v) is 10.5. The van der Waals surface area contributed by atoms with Crippen molar-refractivity contribution in [2.45, 2.75) is 23.8 Å². The van der Waals surface area contributed by atoms with E-state index < -0.39 is 0 Å². The zero-order valence-corrected chi connectivity index (χ0v) is 15.6. The summed E-state index contributed by atoms with van der Waals surface area (Å²) < 4.78 is 2.48. The van der Waals surface area contributed by atoms with Crippen LogP contribution >= 0.6 is 22.7 Å². The highest BCUT2D eigenvalue weighted by Crippen LogP contribution is 2.60. The van der Waals surface area contributed by atoms with Gasteiger partial charge in [-0.15, -0.1) is 22.7 Å². The first kappa shape index (κ1) is 14.8. The van der Waals surface area contributed by atoms with E-state index in [0.29, 0.717) is 6.04 Å². The number of thiazole rings is 2. The van der Waals surface area contributed by atoms with Crippen LogP contribution in [0.25, 0.3) is 0 Å². The Morgan fingerprint density at radius 3 is 2.27 bits per heavy atom.